The number of nitrogens with zero attached hydrogens (tertiary/aromatic N) is 1. The third-order valence-electron chi connectivity index (χ3n) is 2.81. The van der Waals surface area contributed by atoms with E-state index >= 15 is 0 Å². The lowest BCUT2D eigenvalue weighted by molar-refractivity contribution is 0.0784. The van der Waals surface area contributed by atoms with E-state index in [1.54, 1.807) is 18.2 Å². The van der Waals surface area contributed by atoms with Crippen LogP contribution in [0.3, 0.4) is 0 Å². The van der Waals surface area contributed by atoms with Crippen molar-refractivity contribution in [2.24, 2.45) is 0 Å². The summed E-state index contributed by atoms with van der Waals surface area (Å²) in [7, 11) is 1.80. The molecule has 1 aromatic carbocycles. The van der Waals surface area contributed by atoms with E-state index in [9.17, 15) is 4.79 Å². The molecule has 1 heterocycles. The first kappa shape index (κ1) is 13.1. The Hall–Kier alpha value is -1.30. The van der Waals surface area contributed by atoms with Gasteiger partial charge in [0.05, 0.1) is 6.26 Å². The summed E-state index contributed by atoms with van der Waals surface area (Å²) in [5, 5.41) is 0. The van der Waals surface area contributed by atoms with Crippen LogP contribution in [-0.4, -0.2) is 17.9 Å². The number of amides is 1. The van der Waals surface area contributed by atoms with Gasteiger partial charge >= 0.3 is 0 Å². The first-order valence-electron chi connectivity index (χ1n) is 5.62. The van der Waals surface area contributed by atoms with E-state index in [0.29, 0.717) is 12.1 Å². The largest absolute Gasteiger partial charge is 0.469 e. The molecule has 3 nitrogen and oxygen atoms in total. The van der Waals surface area contributed by atoms with Gasteiger partial charge in [-0.25, -0.2) is 0 Å². The van der Waals surface area contributed by atoms with Crippen molar-refractivity contribution in [1.82, 2.24) is 4.90 Å². The molecule has 4 heteroatoms. The van der Waals surface area contributed by atoms with Crippen molar-refractivity contribution in [2.75, 3.05) is 7.05 Å². The molecule has 0 saturated carbocycles. The van der Waals surface area contributed by atoms with Gasteiger partial charge in [0.2, 0.25) is 0 Å². The summed E-state index contributed by atoms with van der Waals surface area (Å²) in [6.07, 6.45) is 1.65. The molecule has 0 aliphatic rings. The Labute approximate surface area is 120 Å². The molecule has 0 saturated heterocycles. The predicted octanol–water partition coefficient (Wildman–Crippen LogP) is 3.46. The van der Waals surface area contributed by atoms with Gasteiger partial charge in [0.15, 0.2) is 0 Å². The Bertz CT molecular complexity index is 545. The van der Waals surface area contributed by atoms with Crippen LogP contribution in [0.15, 0.2) is 41.0 Å². The van der Waals surface area contributed by atoms with E-state index < -0.39 is 0 Å². The summed E-state index contributed by atoms with van der Waals surface area (Å²) in [4.78, 5) is 13.9. The standard InChI is InChI=1S/C14H14INO2/c1-10-12(7-8-18-10)9-16(2)14(17)11-3-5-13(15)6-4-11/h3-8H,9H2,1-2H3. The number of rotatable bonds is 3. The van der Waals surface area contributed by atoms with Gasteiger partial charge in [-0.2, -0.15) is 0 Å². The molecule has 2 rings (SSSR count). The van der Waals surface area contributed by atoms with Crippen molar-refractivity contribution in [2.45, 2.75) is 13.5 Å². The van der Waals surface area contributed by atoms with E-state index in [4.69, 9.17) is 4.42 Å². The van der Waals surface area contributed by atoms with E-state index in [0.717, 1.165) is 14.9 Å². The first-order chi connectivity index (χ1) is 8.58. The summed E-state index contributed by atoms with van der Waals surface area (Å²) in [5.74, 6) is 0.879. The monoisotopic (exact) mass is 355 g/mol. The van der Waals surface area contributed by atoms with Crippen molar-refractivity contribution in [3.8, 4) is 0 Å². The molecule has 0 atom stereocenters. The first-order valence-corrected chi connectivity index (χ1v) is 6.70. The average Bonchev–Trinajstić information content (AvgIpc) is 2.75. The Kier molecular flexibility index (Phi) is 4.06. The number of hydrogen-bond acceptors (Lipinski definition) is 2. The zero-order valence-corrected chi connectivity index (χ0v) is 12.5. The minimum absolute atomic E-state index is 0.0204. The van der Waals surface area contributed by atoms with Gasteiger partial charge in [-0.05, 0) is 59.8 Å². The number of furan rings is 1. The topological polar surface area (TPSA) is 33.5 Å². The highest BCUT2D eigenvalue weighted by atomic mass is 127. The van der Waals surface area contributed by atoms with Crippen LogP contribution >= 0.6 is 22.6 Å². The van der Waals surface area contributed by atoms with E-state index in [2.05, 4.69) is 22.6 Å². The van der Waals surface area contributed by atoms with Crippen LogP contribution in [0.4, 0.5) is 0 Å². The van der Waals surface area contributed by atoms with Gasteiger partial charge in [0.1, 0.15) is 5.76 Å². The molecule has 0 radical (unpaired) electrons. The second-order valence-corrected chi connectivity index (χ2v) is 5.42. The van der Waals surface area contributed by atoms with Gasteiger partial charge in [0.25, 0.3) is 5.91 Å². The molecule has 0 aliphatic heterocycles. The molecule has 1 amide bonds. The molecule has 1 aromatic heterocycles. The number of hydrogen-bond donors (Lipinski definition) is 0. The van der Waals surface area contributed by atoms with E-state index in [-0.39, 0.29) is 5.91 Å². The normalized spacial score (nSPS) is 10.4. The smallest absolute Gasteiger partial charge is 0.253 e. The highest BCUT2D eigenvalue weighted by Crippen LogP contribution is 2.14. The summed E-state index contributed by atoms with van der Waals surface area (Å²) in [6, 6.07) is 9.47. The number of aryl methyl sites for hydroxylation is 1. The molecule has 18 heavy (non-hydrogen) atoms. The van der Waals surface area contributed by atoms with Crippen molar-refractivity contribution < 1.29 is 9.21 Å². The zero-order valence-electron chi connectivity index (χ0n) is 10.3. The molecule has 0 spiro atoms. The molecule has 0 aliphatic carbocycles. The Morgan fingerprint density at radius 3 is 2.50 bits per heavy atom. The lowest BCUT2D eigenvalue weighted by Gasteiger charge is -2.16. The molecular weight excluding hydrogens is 341 g/mol. The molecule has 0 bridgehead atoms. The van der Waals surface area contributed by atoms with Crippen LogP contribution in [0.1, 0.15) is 21.7 Å². The number of carbonyl (C=O) groups is 1. The van der Waals surface area contributed by atoms with Crippen molar-refractivity contribution in [3.63, 3.8) is 0 Å². The molecule has 0 N–H and O–H groups in total. The average molecular weight is 355 g/mol. The van der Waals surface area contributed by atoms with E-state index in [1.165, 1.54) is 0 Å². The van der Waals surface area contributed by atoms with E-state index in [1.807, 2.05) is 37.3 Å². The van der Waals surface area contributed by atoms with Crippen LogP contribution in [0, 0.1) is 10.5 Å². The summed E-state index contributed by atoms with van der Waals surface area (Å²) in [5.41, 5.74) is 1.75. The maximum absolute atomic E-state index is 12.2. The van der Waals surface area contributed by atoms with Gasteiger partial charge < -0.3 is 9.32 Å². The Balaban J connectivity index is 2.09. The third-order valence-corrected chi connectivity index (χ3v) is 3.53. The third kappa shape index (κ3) is 2.93. The molecule has 94 valence electrons. The van der Waals surface area contributed by atoms with Gasteiger partial charge in [-0.1, -0.05) is 0 Å². The maximum atomic E-state index is 12.2. The van der Waals surface area contributed by atoms with Crippen LogP contribution in [0.2, 0.25) is 0 Å². The van der Waals surface area contributed by atoms with Gasteiger partial charge in [-0.3, -0.25) is 4.79 Å². The van der Waals surface area contributed by atoms with Gasteiger partial charge in [0, 0.05) is 28.3 Å². The molecule has 0 unspecified atom stereocenters. The second-order valence-electron chi connectivity index (χ2n) is 4.17. The van der Waals surface area contributed by atoms with Crippen LogP contribution in [0.25, 0.3) is 0 Å². The minimum atomic E-state index is 0.0204. The lowest BCUT2D eigenvalue weighted by Crippen LogP contribution is -2.26. The zero-order chi connectivity index (χ0) is 13.1. The maximum Gasteiger partial charge on any atom is 0.253 e. The molecule has 2 aromatic rings. The van der Waals surface area contributed by atoms with Crippen LogP contribution in [-0.2, 0) is 6.54 Å². The van der Waals surface area contributed by atoms with Gasteiger partial charge in [-0.15, -0.1) is 0 Å². The highest BCUT2D eigenvalue weighted by Gasteiger charge is 2.13. The number of halogens is 1. The Morgan fingerprint density at radius 2 is 1.94 bits per heavy atom. The summed E-state index contributed by atoms with van der Waals surface area (Å²) < 4.78 is 6.35. The quantitative estimate of drug-likeness (QED) is 0.790. The fourth-order valence-electron chi connectivity index (χ4n) is 1.72. The van der Waals surface area contributed by atoms with Crippen LogP contribution < -0.4 is 0 Å². The molecule has 0 fully saturated rings. The second kappa shape index (κ2) is 5.56. The lowest BCUT2D eigenvalue weighted by atomic mass is 10.2. The SMILES string of the molecule is Cc1occc1CN(C)C(=O)c1ccc(I)cc1. The van der Waals surface area contributed by atoms with Crippen molar-refractivity contribution >= 4 is 28.5 Å². The fraction of sp³-hybridized carbons (Fsp3) is 0.214. The predicted molar refractivity (Wildman–Crippen MR) is 78.4 cm³/mol. The summed E-state index contributed by atoms with van der Waals surface area (Å²) in [6.45, 7) is 2.46. The highest BCUT2D eigenvalue weighted by molar-refractivity contribution is 14.1. The van der Waals surface area contributed by atoms with Crippen molar-refractivity contribution in [1.29, 1.82) is 0 Å². The molecular formula is C14H14INO2. The summed E-state index contributed by atoms with van der Waals surface area (Å²) >= 11 is 2.22. The van der Waals surface area contributed by atoms with Crippen LogP contribution in [0.5, 0.6) is 0 Å². The fourth-order valence-corrected chi connectivity index (χ4v) is 2.08. The minimum Gasteiger partial charge on any atom is -0.469 e. The number of carbonyl (C=O) groups excluding carboxylic acids is 1. The Morgan fingerprint density at radius 1 is 1.28 bits per heavy atom. The van der Waals surface area contributed by atoms with Crippen molar-refractivity contribution in [3.05, 3.63) is 57.1 Å². The number of benzene rings is 1.